The van der Waals surface area contributed by atoms with E-state index in [1.165, 1.54) is 34.1 Å². The van der Waals surface area contributed by atoms with E-state index < -0.39 is 23.7 Å². The highest BCUT2D eigenvalue weighted by Gasteiger charge is 2.33. The number of amides is 3. The average Bonchev–Trinajstić information content (AvgIpc) is 2.96. The van der Waals surface area contributed by atoms with Crippen molar-refractivity contribution < 1.29 is 22.8 Å². The van der Waals surface area contributed by atoms with Crippen LogP contribution in [0.3, 0.4) is 0 Å². The number of aromatic nitrogens is 2. The lowest BCUT2D eigenvalue weighted by atomic mass is 10.1. The Labute approximate surface area is 240 Å². The van der Waals surface area contributed by atoms with Crippen molar-refractivity contribution in [3.8, 4) is 0 Å². The molecule has 2 aromatic carbocycles. The van der Waals surface area contributed by atoms with Gasteiger partial charge in [0.25, 0.3) is 5.91 Å². The molecule has 2 aliphatic rings. The van der Waals surface area contributed by atoms with Crippen molar-refractivity contribution in [3.05, 3.63) is 89.3 Å². The van der Waals surface area contributed by atoms with Crippen molar-refractivity contribution in [3.63, 3.8) is 0 Å². The van der Waals surface area contributed by atoms with Crippen LogP contribution in [0.1, 0.15) is 47.3 Å². The van der Waals surface area contributed by atoms with Gasteiger partial charge in [-0.25, -0.2) is 9.78 Å². The number of carbonyl (C=O) groups is 2. The number of anilines is 4. The van der Waals surface area contributed by atoms with Crippen LogP contribution in [0.15, 0.2) is 72.0 Å². The summed E-state index contributed by atoms with van der Waals surface area (Å²) in [4.78, 5) is 43.0. The number of urea groups is 1. The second kappa shape index (κ2) is 11.1. The standard InChI is InChI=1S/C30H28F3N7O2/c1-5-19-10-11-20(27(41)36-23-8-6-7-22(14-23)30(31,32)33)13-25(19)40-16-21-15-34-28(38-26(21)39(4)29(40)42)37-24-12-9-17(2)35-18(24)3/h5-8,10-15,17H,1,9,16H2,2-4H3,(H,36,41)(H,34,37,38). The lowest BCUT2D eigenvalue weighted by molar-refractivity contribution is -0.137. The molecule has 12 heteroatoms. The molecule has 42 heavy (non-hydrogen) atoms. The van der Waals surface area contributed by atoms with Crippen LogP contribution in [0.4, 0.5) is 41.1 Å². The molecular formula is C30H28F3N7O2. The Morgan fingerprint density at radius 3 is 2.69 bits per heavy atom. The first-order valence-corrected chi connectivity index (χ1v) is 13.1. The minimum Gasteiger partial charge on any atom is -0.323 e. The summed E-state index contributed by atoms with van der Waals surface area (Å²) in [7, 11) is 1.59. The molecule has 1 unspecified atom stereocenters. The fourth-order valence-electron chi connectivity index (χ4n) is 4.78. The zero-order valence-corrected chi connectivity index (χ0v) is 23.2. The van der Waals surface area contributed by atoms with Crippen molar-refractivity contribution in [2.24, 2.45) is 4.99 Å². The first-order chi connectivity index (χ1) is 19.9. The summed E-state index contributed by atoms with van der Waals surface area (Å²) >= 11 is 0. The molecule has 216 valence electrons. The Hall–Kier alpha value is -5.00. The molecule has 0 bridgehead atoms. The molecule has 1 atom stereocenters. The van der Waals surface area contributed by atoms with Crippen molar-refractivity contribution in [1.29, 1.82) is 0 Å². The van der Waals surface area contributed by atoms with Crippen LogP contribution in [0.2, 0.25) is 0 Å². The molecule has 3 amide bonds. The molecular weight excluding hydrogens is 547 g/mol. The molecule has 0 radical (unpaired) electrons. The van der Waals surface area contributed by atoms with Crippen molar-refractivity contribution in [2.45, 2.75) is 39.0 Å². The third-order valence-electron chi connectivity index (χ3n) is 6.97. The predicted molar refractivity (Wildman–Crippen MR) is 157 cm³/mol. The normalized spacial score (nSPS) is 16.8. The van der Waals surface area contributed by atoms with Gasteiger partial charge >= 0.3 is 12.2 Å². The number of hydrogen-bond donors (Lipinski definition) is 2. The van der Waals surface area contributed by atoms with E-state index in [-0.39, 0.29) is 23.8 Å². The molecule has 2 N–H and O–H groups in total. The molecule has 0 saturated carbocycles. The van der Waals surface area contributed by atoms with E-state index in [4.69, 9.17) is 0 Å². The van der Waals surface area contributed by atoms with Crippen molar-refractivity contribution >= 4 is 46.9 Å². The van der Waals surface area contributed by atoms with Crippen LogP contribution in [0, 0.1) is 0 Å². The van der Waals surface area contributed by atoms with Gasteiger partial charge in [0.05, 0.1) is 35.2 Å². The SMILES string of the molecule is C=Cc1ccc(C(=O)Nc2cccc(C(F)(F)F)c2)cc1N1Cc2cnc(NC3=CCC(C)N=C3C)nc2N(C)C1=O. The highest BCUT2D eigenvalue weighted by atomic mass is 19.4. The smallest absolute Gasteiger partial charge is 0.323 e. The Morgan fingerprint density at radius 1 is 1.19 bits per heavy atom. The number of halogens is 3. The number of allylic oxidation sites excluding steroid dienone is 1. The molecule has 0 fully saturated rings. The number of aliphatic imine (C=N–C) groups is 1. The Morgan fingerprint density at radius 2 is 1.98 bits per heavy atom. The van der Waals surface area contributed by atoms with E-state index >= 15 is 0 Å². The van der Waals surface area contributed by atoms with Gasteiger partial charge in [0.2, 0.25) is 5.95 Å². The molecule has 3 heterocycles. The van der Waals surface area contributed by atoms with Gasteiger partial charge < -0.3 is 10.6 Å². The second-order valence-corrected chi connectivity index (χ2v) is 10.0. The van der Waals surface area contributed by atoms with E-state index in [0.29, 0.717) is 28.6 Å². The molecule has 1 aromatic heterocycles. The van der Waals surface area contributed by atoms with Crippen LogP contribution in [-0.2, 0) is 12.7 Å². The van der Waals surface area contributed by atoms with Crippen molar-refractivity contribution in [2.75, 3.05) is 27.5 Å². The monoisotopic (exact) mass is 575 g/mol. The zero-order valence-electron chi connectivity index (χ0n) is 23.2. The quantitative estimate of drug-likeness (QED) is 0.349. The van der Waals surface area contributed by atoms with E-state index in [9.17, 15) is 22.8 Å². The second-order valence-electron chi connectivity index (χ2n) is 10.0. The number of nitrogens with zero attached hydrogens (tertiary/aromatic N) is 5. The third-order valence-corrected chi connectivity index (χ3v) is 6.97. The number of rotatable bonds is 6. The summed E-state index contributed by atoms with van der Waals surface area (Å²) in [6, 6.07) is 8.83. The van der Waals surface area contributed by atoms with E-state index in [2.05, 4.69) is 32.2 Å². The molecule has 2 aliphatic heterocycles. The predicted octanol–water partition coefficient (Wildman–Crippen LogP) is 6.52. The number of fused-ring (bicyclic) bond motifs is 1. The maximum absolute atomic E-state index is 13.5. The van der Waals surface area contributed by atoms with Gasteiger partial charge in [-0.2, -0.15) is 18.2 Å². The number of carbonyl (C=O) groups excluding carboxylic acids is 2. The van der Waals surface area contributed by atoms with Crippen molar-refractivity contribution in [1.82, 2.24) is 9.97 Å². The first kappa shape index (κ1) is 28.5. The van der Waals surface area contributed by atoms with Crippen LogP contribution in [-0.4, -0.2) is 40.7 Å². The zero-order chi connectivity index (χ0) is 30.2. The minimum atomic E-state index is -4.55. The highest BCUT2D eigenvalue weighted by Crippen LogP contribution is 2.34. The summed E-state index contributed by atoms with van der Waals surface area (Å²) in [5.74, 6) is 0.137. The first-order valence-electron chi connectivity index (χ1n) is 13.1. The Kier molecular flexibility index (Phi) is 7.55. The maximum Gasteiger partial charge on any atom is 0.416 e. The van der Waals surface area contributed by atoms with Crippen LogP contribution in [0.25, 0.3) is 6.08 Å². The molecule has 0 spiro atoms. The number of nitrogens with one attached hydrogen (secondary N) is 2. The van der Waals surface area contributed by atoms with Gasteiger partial charge in [0.1, 0.15) is 5.82 Å². The number of alkyl halides is 3. The average molecular weight is 576 g/mol. The number of benzene rings is 2. The summed E-state index contributed by atoms with van der Waals surface area (Å²) < 4.78 is 39.4. The summed E-state index contributed by atoms with van der Waals surface area (Å²) in [6.07, 6.45) is 1.48. The molecule has 5 rings (SSSR count). The minimum absolute atomic E-state index is 0.00610. The van der Waals surface area contributed by atoms with Crippen LogP contribution in [0.5, 0.6) is 0 Å². The number of dihydropyridines is 1. The van der Waals surface area contributed by atoms with Gasteiger partial charge in [-0.15, -0.1) is 0 Å². The molecule has 0 aliphatic carbocycles. The largest absolute Gasteiger partial charge is 0.416 e. The Bertz CT molecular complexity index is 1650. The lowest BCUT2D eigenvalue weighted by Crippen LogP contribution is -2.46. The maximum atomic E-state index is 13.5. The van der Waals surface area contributed by atoms with E-state index in [1.807, 2.05) is 19.9 Å². The summed E-state index contributed by atoms with van der Waals surface area (Å²) in [6.45, 7) is 7.89. The highest BCUT2D eigenvalue weighted by molar-refractivity contribution is 6.09. The lowest BCUT2D eigenvalue weighted by Gasteiger charge is -2.35. The van der Waals surface area contributed by atoms with Crippen LogP contribution >= 0.6 is 0 Å². The van der Waals surface area contributed by atoms with Gasteiger partial charge in [-0.05, 0) is 56.2 Å². The van der Waals surface area contributed by atoms with E-state index in [0.717, 1.165) is 30.0 Å². The summed E-state index contributed by atoms with van der Waals surface area (Å²) in [5, 5.41) is 5.69. The molecule has 0 saturated heterocycles. The number of hydrogen-bond acceptors (Lipinski definition) is 6. The fraction of sp³-hybridized carbons (Fsp3) is 0.233. The van der Waals surface area contributed by atoms with Gasteiger partial charge in [0.15, 0.2) is 0 Å². The van der Waals surface area contributed by atoms with Gasteiger partial charge in [-0.1, -0.05) is 30.9 Å². The van der Waals surface area contributed by atoms with E-state index in [1.54, 1.807) is 25.4 Å². The van der Waals surface area contributed by atoms with Crippen LogP contribution < -0.4 is 20.4 Å². The topological polar surface area (TPSA) is 103 Å². The summed E-state index contributed by atoms with van der Waals surface area (Å²) in [5.41, 5.74) is 2.59. The fourth-order valence-corrected chi connectivity index (χ4v) is 4.78. The third kappa shape index (κ3) is 5.73. The van der Waals surface area contributed by atoms with Gasteiger partial charge in [-0.3, -0.25) is 19.6 Å². The van der Waals surface area contributed by atoms with Gasteiger partial charge in [0, 0.05) is 30.1 Å². The molecule has 9 nitrogen and oxygen atoms in total. The Balaban J connectivity index is 1.40. The molecule has 3 aromatic rings.